The molecule has 3 rings (SSSR count). The number of non-ortho nitro benzene ring substituents is 1. The summed E-state index contributed by atoms with van der Waals surface area (Å²) in [6.45, 7) is 0. The summed E-state index contributed by atoms with van der Waals surface area (Å²) in [6, 6.07) is 3.98. The van der Waals surface area contributed by atoms with Crippen LogP contribution in [0.1, 0.15) is 0 Å². The summed E-state index contributed by atoms with van der Waals surface area (Å²) in [5, 5.41) is 11.1. The number of benzene rings is 1. The summed E-state index contributed by atoms with van der Waals surface area (Å²) >= 11 is 0.866. The first-order chi connectivity index (χ1) is 8.16. The zero-order chi connectivity index (χ0) is 12.0. The lowest BCUT2D eigenvalue weighted by Crippen LogP contribution is -1.99. The molecule has 7 nitrogen and oxygen atoms in total. The van der Waals surface area contributed by atoms with E-state index in [9.17, 15) is 14.9 Å². The molecule has 0 aliphatic carbocycles. The van der Waals surface area contributed by atoms with Crippen molar-refractivity contribution in [1.82, 2.24) is 8.75 Å². The first-order valence-electron chi connectivity index (χ1n) is 4.50. The van der Waals surface area contributed by atoms with E-state index in [1.54, 1.807) is 0 Å². The zero-order valence-electron chi connectivity index (χ0n) is 8.11. The van der Waals surface area contributed by atoms with Gasteiger partial charge in [0.15, 0.2) is 5.52 Å². The second-order valence-corrected chi connectivity index (χ2v) is 3.82. The van der Waals surface area contributed by atoms with E-state index in [0.717, 1.165) is 11.7 Å². The van der Waals surface area contributed by atoms with E-state index >= 15 is 0 Å². The third-order valence-corrected chi connectivity index (χ3v) is 2.84. The fourth-order valence-corrected chi connectivity index (χ4v) is 2.10. The Kier molecular flexibility index (Phi) is 1.92. The Hall–Kier alpha value is -2.35. The average Bonchev–Trinajstić information content (AvgIpc) is 2.78. The van der Waals surface area contributed by atoms with Crippen molar-refractivity contribution in [2.24, 2.45) is 0 Å². The maximum atomic E-state index is 11.5. The van der Waals surface area contributed by atoms with Crippen molar-refractivity contribution in [3.05, 3.63) is 38.7 Å². The summed E-state index contributed by atoms with van der Waals surface area (Å²) < 4.78 is 12.7. The van der Waals surface area contributed by atoms with Gasteiger partial charge in [-0.1, -0.05) is 0 Å². The molecule has 0 saturated heterocycles. The van der Waals surface area contributed by atoms with E-state index < -0.39 is 10.5 Å². The highest BCUT2D eigenvalue weighted by molar-refractivity contribution is 7.00. The largest absolute Gasteiger partial charge is 0.421 e. The maximum absolute atomic E-state index is 11.5. The minimum atomic E-state index is -0.588. The van der Waals surface area contributed by atoms with Crippen LogP contribution in [-0.4, -0.2) is 13.7 Å². The fourth-order valence-electron chi connectivity index (χ4n) is 1.55. The normalized spacial score (nSPS) is 11.1. The molecule has 2 aromatic heterocycles. The Morgan fingerprint density at radius 3 is 2.82 bits per heavy atom. The lowest BCUT2D eigenvalue weighted by molar-refractivity contribution is -0.384. The van der Waals surface area contributed by atoms with Gasteiger partial charge in [0.05, 0.1) is 22.0 Å². The van der Waals surface area contributed by atoms with Crippen LogP contribution < -0.4 is 5.63 Å². The SMILES string of the molecule is O=c1oc2ccc([N+](=O)[O-])cc2c2nsnc12. The number of nitro benzene ring substituents is 1. The number of hydrogen-bond acceptors (Lipinski definition) is 7. The molecule has 0 amide bonds. The molecule has 0 unspecified atom stereocenters. The van der Waals surface area contributed by atoms with Crippen LogP contribution in [0.3, 0.4) is 0 Å². The van der Waals surface area contributed by atoms with Crippen LogP contribution in [0, 0.1) is 10.1 Å². The van der Waals surface area contributed by atoms with Crippen molar-refractivity contribution in [2.45, 2.75) is 0 Å². The van der Waals surface area contributed by atoms with Crippen LogP contribution in [0.2, 0.25) is 0 Å². The summed E-state index contributed by atoms with van der Waals surface area (Å²) in [7, 11) is 0. The Balaban J connectivity index is 2.53. The predicted molar refractivity (Wildman–Crippen MR) is 60.1 cm³/mol. The number of aromatic nitrogens is 2. The second kappa shape index (κ2) is 3.32. The van der Waals surface area contributed by atoms with Crippen LogP contribution in [0.4, 0.5) is 5.69 Å². The molecule has 2 heterocycles. The molecule has 0 radical (unpaired) electrons. The van der Waals surface area contributed by atoms with E-state index in [1.165, 1.54) is 18.2 Å². The highest BCUT2D eigenvalue weighted by Gasteiger charge is 2.14. The molecule has 0 aliphatic rings. The molecule has 1 aromatic carbocycles. The fraction of sp³-hybridized carbons (Fsp3) is 0. The molecule has 0 spiro atoms. The van der Waals surface area contributed by atoms with Gasteiger partial charge in [0.1, 0.15) is 11.1 Å². The van der Waals surface area contributed by atoms with Crippen molar-refractivity contribution >= 4 is 39.4 Å². The number of rotatable bonds is 1. The van der Waals surface area contributed by atoms with Crippen molar-refractivity contribution in [1.29, 1.82) is 0 Å². The second-order valence-electron chi connectivity index (χ2n) is 3.29. The molecule has 0 atom stereocenters. The summed E-state index contributed by atoms with van der Waals surface area (Å²) in [5.41, 5.74) is 0.0319. The molecule has 0 saturated carbocycles. The lowest BCUT2D eigenvalue weighted by atomic mass is 10.2. The predicted octanol–water partition coefficient (Wildman–Crippen LogP) is 1.71. The first kappa shape index (κ1) is 9.85. The molecule has 3 aromatic rings. The van der Waals surface area contributed by atoms with E-state index in [4.69, 9.17) is 4.42 Å². The number of hydrogen-bond donors (Lipinski definition) is 0. The van der Waals surface area contributed by atoms with Gasteiger partial charge >= 0.3 is 5.63 Å². The maximum Gasteiger partial charge on any atom is 0.365 e. The molecular formula is C9H3N3O4S. The van der Waals surface area contributed by atoms with Crippen molar-refractivity contribution in [3.8, 4) is 0 Å². The van der Waals surface area contributed by atoms with Gasteiger partial charge in [0.2, 0.25) is 0 Å². The molecular weight excluding hydrogens is 246 g/mol. The third-order valence-electron chi connectivity index (χ3n) is 2.31. The van der Waals surface area contributed by atoms with Crippen molar-refractivity contribution in [3.63, 3.8) is 0 Å². The summed E-state index contributed by atoms with van der Waals surface area (Å²) in [6.07, 6.45) is 0. The molecule has 0 N–H and O–H groups in total. The monoisotopic (exact) mass is 249 g/mol. The van der Waals surface area contributed by atoms with E-state index in [0.29, 0.717) is 10.9 Å². The lowest BCUT2D eigenvalue weighted by Gasteiger charge is -1.96. The Labute approximate surface area is 96.8 Å². The zero-order valence-corrected chi connectivity index (χ0v) is 8.93. The van der Waals surface area contributed by atoms with Gasteiger partial charge in [0.25, 0.3) is 5.69 Å². The van der Waals surface area contributed by atoms with Gasteiger partial charge in [0, 0.05) is 12.1 Å². The molecule has 84 valence electrons. The smallest absolute Gasteiger partial charge is 0.365 e. The average molecular weight is 249 g/mol. The highest BCUT2D eigenvalue weighted by atomic mass is 32.1. The van der Waals surface area contributed by atoms with Gasteiger partial charge < -0.3 is 4.42 Å². The standard InChI is InChI=1S/C9H3N3O4S/c13-9-8-7(10-17-11-8)5-3-4(12(14)15)1-2-6(5)16-9/h1-3H. The Morgan fingerprint density at radius 2 is 2.06 bits per heavy atom. The summed E-state index contributed by atoms with van der Waals surface area (Å²) in [5.74, 6) is 0. The minimum absolute atomic E-state index is 0.0827. The van der Waals surface area contributed by atoms with Gasteiger partial charge in [-0.3, -0.25) is 10.1 Å². The van der Waals surface area contributed by atoms with Gasteiger partial charge in [-0.2, -0.15) is 8.75 Å². The van der Waals surface area contributed by atoms with Gasteiger partial charge in [-0.15, -0.1) is 0 Å². The molecule has 0 bridgehead atoms. The van der Waals surface area contributed by atoms with Gasteiger partial charge in [-0.25, -0.2) is 4.79 Å². The van der Waals surface area contributed by atoms with Crippen molar-refractivity contribution in [2.75, 3.05) is 0 Å². The number of fused-ring (bicyclic) bond motifs is 3. The van der Waals surface area contributed by atoms with Crippen LogP contribution in [0.5, 0.6) is 0 Å². The summed E-state index contributed by atoms with van der Waals surface area (Å²) in [4.78, 5) is 21.6. The van der Waals surface area contributed by atoms with Gasteiger partial charge in [-0.05, 0) is 6.07 Å². The van der Waals surface area contributed by atoms with E-state index in [-0.39, 0.29) is 16.8 Å². The minimum Gasteiger partial charge on any atom is -0.421 e. The quantitative estimate of drug-likeness (QED) is 0.369. The number of nitro groups is 1. The topological polar surface area (TPSA) is 99.1 Å². The molecule has 0 fully saturated rings. The van der Waals surface area contributed by atoms with Crippen LogP contribution in [0.15, 0.2) is 27.4 Å². The van der Waals surface area contributed by atoms with Crippen LogP contribution in [-0.2, 0) is 0 Å². The molecule has 8 heteroatoms. The van der Waals surface area contributed by atoms with Crippen molar-refractivity contribution < 1.29 is 9.34 Å². The van der Waals surface area contributed by atoms with E-state index in [2.05, 4.69) is 8.75 Å². The van der Waals surface area contributed by atoms with Crippen LogP contribution >= 0.6 is 11.7 Å². The van der Waals surface area contributed by atoms with E-state index in [1.807, 2.05) is 0 Å². The number of nitrogens with zero attached hydrogens (tertiary/aromatic N) is 3. The van der Waals surface area contributed by atoms with Crippen LogP contribution in [0.25, 0.3) is 22.0 Å². The Morgan fingerprint density at radius 1 is 1.29 bits per heavy atom. The highest BCUT2D eigenvalue weighted by Crippen LogP contribution is 2.25. The first-order valence-corrected chi connectivity index (χ1v) is 5.23. The molecule has 0 aliphatic heterocycles. The third kappa shape index (κ3) is 1.38. The molecule has 17 heavy (non-hydrogen) atoms. The Bertz CT molecular complexity index is 807.